The normalized spacial score (nSPS) is 10.4. The maximum atomic E-state index is 12.3. The molecule has 0 atom stereocenters. The molecule has 0 aliphatic heterocycles. The zero-order chi connectivity index (χ0) is 22.8. The van der Waals surface area contributed by atoms with E-state index in [-0.39, 0.29) is 6.61 Å². The van der Waals surface area contributed by atoms with Gasteiger partial charge in [-0.1, -0.05) is 24.3 Å². The molecule has 8 heteroatoms. The fourth-order valence-electron chi connectivity index (χ4n) is 2.64. The van der Waals surface area contributed by atoms with Crippen LogP contribution in [-0.2, 0) is 4.79 Å². The van der Waals surface area contributed by atoms with Crippen LogP contribution in [0.2, 0.25) is 0 Å². The topological polar surface area (TPSA) is 95.5 Å². The van der Waals surface area contributed by atoms with Crippen LogP contribution in [0.15, 0.2) is 77.9 Å². The molecule has 3 aromatic rings. The standard InChI is InChI=1S/C24H22N2O6/c1-29-19-12-10-18(11-13-19)24(28)32-20-7-5-6-17(14-20)15-25-26-23(27)16-31-22-9-4-3-8-21(22)30-2/h3-15H,16H2,1-2H3,(H,26,27)/b25-15+. The van der Waals surface area contributed by atoms with Crippen LogP contribution in [0.3, 0.4) is 0 Å². The van der Waals surface area contributed by atoms with E-state index in [1.807, 2.05) is 0 Å². The molecule has 1 N–H and O–H groups in total. The maximum absolute atomic E-state index is 12.3. The van der Waals surface area contributed by atoms with E-state index in [2.05, 4.69) is 10.5 Å². The summed E-state index contributed by atoms with van der Waals surface area (Å²) in [6, 6.07) is 20.4. The molecule has 32 heavy (non-hydrogen) atoms. The van der Waals surface area contributed by atoms with E-state index in [9.17, 15) is 9.59 Å². The van der Waals surface area contributed by atoms with Crippen molar-refractivity contribution in [2.24, 2.45) is 5.10 Å². The second-order valence-electron chi connectivity index (χ2n) is 6.42. The number of nitrogens with zero attached hydrogens (tertiary/aromatic N) is 1. The highest BCUT2D eigenvalue weighted by molar-refractivity contribution is 5.91. The molecule has 164 valence electrons. The number of ether oxygens (including phenoxy) is 4. The number of hydrogen-bond acceptors (Lipinski definition) is 7. The number of benzene rings is 3. The predicted octanol–water partition coefficient (Wildman–Crippen LogP) is 3.45. The van der Waals surface area contributed by atoms with Gasteiger partial charge in [0.15, 0.2) is 18.1 Å². The van der Waals surface area contributed by atoms with Crippen LogP contribution in [-0.4, -0.2) is 38.9 Å². The first-order valence-corrected chi connectivity index (χ1v) is 9.63. The lowest BCUT2D eigenvalue weighted by Gasteiger charge is -2.09. The van der Waals surface area contributed by atoms with Crippen LogP contribution in [0.4, 0.5) is 0 Å². The van der Waals surface area contributed by atoms with E-state index in [1.54, 1.807) is 79.9 Å². The lowest BCUT2D eigenvalue weighted by atomic mass is 10.2. The van der Waals surface area contributed by atoms with E-state index >= 15 is 0 Å². The third kappa shape index (κ3) is 6.33. The summed E-state index contributed by atoms with van der Waals surface area (Å²) in [5, 5.41) is 3.90. The highest BCUT2D eigenvalue weighted by Gasteiger charge is 2.09. The molecule has 0 aliphatic rings. The van der Waals surface area contributed by atoms with Gasteiger partial charge in [0.05, 0.1) is 26.0 Å². The number of carbonyl (C=O) groups excluding carboxylic acids is 2. The predicted molar refractivity (Wildman–Crippen MR) is 119 cm³/mol. The molecule has 0 radical (unpaired) electrons. The lowest BCUT2D eigenvalue weighted by molar-refractivity contribution is -0.123. The molecule has 0 heterocycles. The molecule has 0 aliphatic carbocycles. The van der Waals surface area contributed by atoms with Gasteiger partial charge in [-0.25, -0.2) is 10.2 Å². The molecule has 0 aromatic heterocycles. The molecular weight excluding hydrogens is 412 g/mol. The number of esters is 1. The van der Waals surface area contributed by atoms with Crippen LogP contribution in [0.5, 0.6) is 23.0 Å². The Kier molecular flexibility index (Phi) is 7.80. The Bertz CT molecular complexity index is 1100. The summed E-state index contributed by atoms with van der Waals surface area (Å²) in [6.45, 7) is -0.225. The molecular formula is C24H22N2O6. The van der Waals surface area contributed by atoms with E-state index in [0.29, 0.717) is 34.1 Å². The summed E-state index contributed by atoms with van der Waals surface area (Å²) in [5.74, 6) is 1.05. The van der Waals surface area contributed by atoms with Crippen molar-refractivity contribution in [1.29, 1.82) is 0 Å². The summed E-state index contributed by atoms with van der Waals surface area (Å²) in [7, 11) is 3.07. The van der Waals surface area contributed by atoms with Gasteiger partial charge in [0, 0.05) is 0 Å². The molecule has 0 saturated carbocycles. The van der Waals surface area contributed by atoms with Gasteiger partial charge in [-0.15, -0.1) is 0 Å². The maximum Gasteiger partial charge on any atom is 0.343 e. The number of hydrogen-bond donors (Lipinski definition) is 1. The number of methoxy groups -OCH3 is 2. The molecule has 0 fully saturated rings. The Morgan fingerprint density at radius 2 is 1.62 bits per heavy atom. The Morgan fingerprint density at radius 3 is 2.34 bits per heavy atom. The zero-order valence-corrected chi connectivity index (χ0v) is 17.6. The van der Waals surface area contributed by atoms with E-state index in [0.717, 1.165) is 0 Å². The Balaban J connectivity index is 1.52. The highest BCUT2D eigenvalue weighted by atomic mass is 16.5. The average Bonchev–Trinajstić information content (AvgIpc) is 2.83. The van der Waals surface area contributed by atoms with Gasteiger partial charge < -0.3 is 18.9 Å². The van der Waals surface area contributed by atoms with E-state index in [4.69, 9.17) is 18.9 Å². The number of nitrogens with one attached hydrogen (secondary N) is 1. The van der Waals surface area contributed by atoms with Crippen LogP contribution < -0.4 is 24.4 Å². The molecule has 0 saturated heterocycles. The van der Waals surface area contributed by atoms with Crippen molar-refractivity contribution in [2.75, 3.05) is 20.8 Å². The van der Waals surface area contributed by atoms with Gasteiger partial charge in [-0.3, -0.25) is 4.79 Å². The number of hydrazone groups is 1. The number of amides is 1. The Hall–Kier alpha value is -4.33. The second-order valence-corrected chi connectivity index (χ2v) is 6.42. The summed E-state index contributed by atoms with van der Waals surface area (Å²) < 4.78 is 21.1. The number of carbonyl (C=O) groups is 2. The van der Waals surface area contributed by atoms with Crippen LogP contribution in [0.25, 0.3) is 0 Å². The first kappa shape index (κ1) is 22.4. The third-order valence-corrected chi connectivity index (χ3v) is 4.23. The Labute approximate surface area is 185 Å². The minimum absolute atomic E-state index is 0.225. The Morgan fingerprint density at radius 1 is 0.875 bits per heavy atom. The van der Waals surface area contributed by atoms with Crippen LogP contribution in [0.1, 0.15) is 15.9 Å². The molecule has 3 rings (SSSR count). The summed E-state index contributed by atoms with van der Waals surface area (Å²) in [4.78, 5) is 24.2. The largest absolute Gasteiger partial charge is 0.497 e. The highest BCUT2D eigenvalue weighted by Crippen LogP contribution is 2.25. The van der Waals surface area contributed by atoms with Crippen LogP contribution in [0, 0.1) is 0 Å². The summed E-state index contributed by atoms with van der Waals surface area (Å²) in [6.07, 6.45) is 1.44. The van der Waals surface area contributed by atoms with Crippen molar-refractivity contribution in [3.63, 3.8) is 0 Å². The fourth-order valence-corrected chi connectivity index (χ4v) is 2.64. The smallest absolute Gasteiger partial charge is 0.343 e. The summed E-state index contributed by atoms with van der Waals surface area (Å²) in [5.41, 5.74) is 3.41. The zero-order valence-electron chi connectivity index (χ0n) is 17.6. The van der Waals surface area contributed by atoms with Gasteiger partial charge in [-0.2, -0.15) is 5.10 Å². The molecule has 0 spiro atoms. The SMILES string of the molecule is COc1ccc(C(=O)Oc2cccc(/C=N/NC(=O)COc3ccccc3OC)c2)cc1. The van der Waals surface area contributed by atoms with Gasteiger partial charge in [0.1, 0.15) is 11.5 Å². The second kappa shape index (κ2) is 11.2. The minimum atomic E-state index is -0.497. The van der Waals surface area contributed by atoms with Crippen molar-refractivity contribution in [3.8, 4) is 23.0 Å². The first-order chi connectivity index (χ1) is 15.6. The number of rotatable bonds is 9. The van der Waals surface area contributed by atoms with Crippen molar-refractivity contribution in [2.45, 2.75) is 0 Å². The van der Waals surface area contributed by atoms with Crippen molar-refractivity contribution >= 4 is 18.1 Å². The van der Waals surface area contributed by atoms with E-state index in [1.165, 1.54) is 13.3 Å². The molecule has 1 amide bonds. The molecule has 0 unspecified atom stereocenters. The van der Waals surface area contributed by atoms with Gasteiger partial charge in [0.25, 0.3) is 5.91 Å². The van der Waals surface area contributed by atoms with Crippen molar-refractivity contribution in [3.05, 3.63) is 83.9 Å². The average molecular weight is 434 g/mol. The minimum Gasteiger partial charge on any atom is -0.497 e. The number of para-hydroxylation sites is 2. The van der Waals surface area contributed by atoms with Gasteiger partial charge in [-0.05, 0) is 54.1 Å². The monoisotopic (exact) mass is 434 g/mol. The van der Waals surface area contributed by atoms with E-state index < -0.39 is 11.9 Å². The summed E-state index contributed by atoms with van der Waals surface area (Å²) >= 11 is 0. The van der Waals surface area contributed by atoms with Crippen molar-refractivity contribution < 1.29 is 28.5 Å². The molecule has 8 nitrogen and oxygen atoms in total. The van der Waals surface area contributed by atoms with Gasteiger partial charge in [0.2, 0.25) is 0 Å². The third-order valence-electron chi connectivity index (χ3n) is 4.23. The van der Waals surface area contributed by atoms with Crippen molar-refractivity contribution in [1.82, 2.24) is 5.43 Å². The first-order valence-electron chi connectivity index (χ1n) is 9.63. The molecule has 3 aromatic carbocycles. The van der Waals surface area contributed by atoms with Gasteiger partial charge >= 0.3 is 5.97 Å². The molecule has 0 bridgehead atoms. The fraction of sp³-hybridized carbons (Fsp3) is 0.125. The lowest BCUT2D eigenvalue weighted by Crippen LogP contribution is -2.24. The quantitative estimate of drug-likeness (QED) is 0.240. The van der Waals surface area contributed by atoms with Crippen LogP contribution >= 0.6 is 0 Å².